The number of hydrogen-bond acceptors (Lipinski definition) is 4. The zero-order valence-corrected chi connectivity index (χ0v) is 13.8. The minimum Gasteiger partial charge on any atom is -0.360 e. The predicted molar refractivity (Wildman–Crippen MR) is 90.8 cm³/mol. The molecular weight excluding hydrogens is 290 g/mol. The highest BCUT2D eigenvalue weighted by atomic mass is 16.1. The maximum absolute atomic E-state index is 12.0. The number of aromatic nitrogens is 4. The molecule has 120 valence electrons. The van der Waals surface area contributed by atoms with Crippen LogP contribution < -0.4 is 11.0 Å². The fourth-order valence-corrected chi connectivity index (χ4v) is 2.40. The molecule has 0 radical (unpaired) electrons. The summed E-state index contributed by atoms with van der Waals surface area (Å²) in [5.41, 5.74) is 2.05. The number of hydrogen-bond donors (Lipinski definition) is 2. The number of anilines is 1. The van der Waals surface area contributed by atoms with Gasteiger partial charge in [0, 0.05) is 11.6 Å². The van der Waals surface area contributed by atoms with Crippen molar-refractivity contribution >= 4 is 11.5 Å². The Hall–Kier alpha value is -2.63. The van der Waals surface area contributed by atoms with E-state index in [-0.39, 0.29) is 17.1 Å². The van der Waals surface area contributed by atoms with Crippen molar-refractivity contribution in [1.29, 1.82) is 0 Å². The molecule has 0 aliphatic heterocycles. The van der Waals surface area contributed by atoms with Crippen molar-refractivity contribution in [1.82, 2.24) is 19.6 Å². The van der Waals surface area contributed by atoms with E-state index in [1.54, 1.807) is 6.20 Å². The van der Waals surface area contributed by atoms with Crippen molar-refractivity contribution < 1.29 is 0 Å². The molecule has 2 heterocycles. The van der Waals surface area contributed by atoms with Crippen molar-refractivity contribution in [3.63, 3.8) is 0 Å². The SMILES string of the molecule is CC(Nc1nc(C(C)(C)C)cn2c(=O)[nH]nc12)c1ccccc1. The van der Waals surface area contributed by atoms with Crippen LogP contribution in [-0.4, -0.2) is 19.6 Å². The summed E-state index contributed by atoms with van der Waals surface area (Å²) >= 11 is 0. The normalized spacial score (nSPS) is 13.2. The van der Waals surface area contributed by atoms with Crippen LogP contribution in [0.4, 0.5) is 5.82 Å². The molecule has 0 spiro atoms. The molecule has 0 fully saturated rings. The Morgan fingerprint density at radius 1 is 1.22 bits per heavy atom. The van der Waals surface area contributed by atoms with Gasteiger partial charge in [-0.1, -0.05) is 51.1 Å². The highest BCUT2D eigenvalue weighted by molar-refractivity contribution is 5.63. The van der Waals surface area contributed by atoms with Crippen LogP contribution in [-0.2, 0) is 5.41 Å². The Morgan fingerprint density at radius 2 is 1.91 bits per heavy atom. The topological polar surface area (TPSA) is 75.1 Å². The van der Waals surface area contributed by atoms with Crippen molar-refractivity contribution in [3.8, 4) is 0 Å². The molecule has 2 aromatic heterocycles. The molecule has 3 rings (SSSR count). The van der Waals surface area contributed by atoms with E-state index >= 15 is 0 Å². The first kappa shape index (κ1) is 15.3. The van der Waals surface area contributed by atoms with Gasteiger partial charge in [0.05, 0.1) is 11.7 Å². The lowest BCUT2D eigenvalue weighted by molar-refractivity contribution is 0.564. The van der Waals surface area contributed by atoms with E-state index in [2.05, 4.69) is 55.3 Å². The van der Waals surface area contributed by atoms with Crippen LogP contribution in [0.2, 0.25) is 0 Å². The Balaban J connectivity index is 2.07. The van der Waals surface area contributed by atoms with Gasteiger partial charge in [-0.15, -0.1) is 5.10 Å². The number of benzene rings is 1. The molecule has 6 nitrogen and oxygen atoms in total. The maximum atomic E-state index is 12.0. The first-order chi connectivity index (χ1) is 10.9. The van der Waals surface area contributed by atoms with Crippen molar-refractivity contribution in [2.45, 2.75) is 39.2 Å². The summed E-state index contributed by atoms with van der Waals surface area (Å²) < 4.78 is 1.51. The average Bonchev–Trinajstić information content (AvgIpc) is 2.89. The second-order valence-corrected chi connectivity index (χ2v) is 6.72. The van der Waals surface area contributed by atoms with Crippen LogP contribution in [0.5, 0.6) is 0 Å². The molecule has 23 heavy (non-hydrogen) atoms. The van der Waals surface area contributed by atoms with Gasteiger partial charge >= 0.3 is 5.69 Å². The van der Waals surface area contributed by atoms with Gasteiger partial charge in [0.2, 0.25) is 5.65 Å². The van der Waals surface area contributed by atoms with E-state index in [0.717, 1.165) is 11.3 Å². The fraction of sp³-hybridized carbons (Fsp3) is 0.353. The molecule has 0 amide bonds. The van der Waals surface area contributed by atoms with Crippen LogP contribution in [0.3, 0.4) is 0 Å². The number of H-pyrrole nitrogens is 1. The fourth-order valence-electron chi connectivity index (χ4n) is 2.40. The zero-order valence-electron chi connectivity index (χ0n) is 13.8. The lowest BCUT2D eigenvalue weighted by Crippen LogP contribution is -2.20. The molecule has 6 heteroatoms. The monoisotopic (exact) mass is 311 g/mol. The van der Waals surface area contributed by atoms with Crippen LogP contribution in [0.25, 0.3) is 5.65 Å². The highest BCUT2D eigenvalue weighted by Crippen LogP contribution is 2.25. The first-order valence-electron chi connectivity index (χ1n) is 7.66. The summed E-state index contributed by atoms with van der Waals surface area (Å²) in [6.07, 6.45) is 1.75. The number of aromatic amines is 1. The Kier molecular flexibility index (Phi) is 3.67. The quantitative estimate of drug-likeness (QED) is 0.780. The average molecular weight is 311 g/mol. The molecule has 1 unspecified atom stereocenters. The van der Waals surface area contributed by atoms with Gasteiger partial charge in [0.25, 0.3) is 0 Å². The van der Waals surface area contributed by atoms with Crippen molar-refractivity contribution in [2.75, 3.05) is 5.32 Å². The summed E-state index contributed by atoms with van der Waals surface area (Å²) in [6, 6.07) is 10.1. The molecular formula is C17H21N5O. The second kappa shape index (κ2) is 5.53. The van der Waals surface area contributed by atoms with Crippen LogP contribution in [0.1, 0.15) is 45.0 Å². The van der Waals surface area contributed by atoms with E-state index in [4.69, 9.17) is 4.98 Å². The van der Waals surface area contributed by atoms with E-state index in [0.29, 0.717) is 11.5 Å². The van der Waals surface area contributed by atoms with Crippen molar-refractivity contribution in [2.24, 2.45) is 0 Å². The molecule has 0 aliphatic carbocycles. The molecule has 1 atom stereocenters. The lowest BCUT2D eigenvalue weighted by atomic mass is 9.93. The third-order valence-electron chi connectivity index (χ3n) is 3.82. The largest absolute Gasteiger partial charge is 0.360 e. The molecule has 0 saturated heterocycles. The Labute approximate surface area is 134 Å². The van der Waals surface area contributed by atoms with Crippen LogP contribution in [0, 0.1) is 0 Å². The minimum absolute atomic E-state index is 0.0505. The first-order valence-corrected chi connectivity index (χ1v) is 7.66. The van der Waals surface area contributed by atoms with Gasteiger partial charge in [0.1, 0.15) is 0 Å². The van der Waals surface area contributed by atoms with E-state index < -0.39 is 0 Å². The van der Waals surface area contributed by atoms with Gasteiger partial charge in [-0.2, -0.15) is 0 Å². The highest BCUT2D eigenvalue weighted by Gasteiger charge is 2.20. The predicted octanol–water partition coefficient (Wildman–Crippen LogP) is 2.89. The van der Waals surface area contributed by atoms with Gasteiger partial charge < -0.3 is 5.32 Å². The van der Waals surface area contributed by atoms with Crippen molar-refractivity contribution in [3.05, 3.63) is 58.3 Å². The Morgan fingerprint density at radius 3 is 2.57 bits per heavy atom. The maximum Gasteiger partial charge on any atom is 0.347 e. The Bertz CT molecular complexity index is 873. The smallest absolute Gasteiger partial charge is 0.347 e. The van der Waals surface area contributed by atoms with Crippen LogP contribution in [0.15, 0.2) is 41.3 Å². The summed E-state index contributed by atoms with van der Waals surface area (Å²) in [7, 11) is 0. The third kappa shape index (κ3) is 2.97. The van der Waals surface area contributed by atoms with Crippen LogP contribution >= 0.6 is 0 Å². The van der Waals surface area contributed by atoms with E-state index in [9.17, 15) is 4.79 Å². The lowest BCUT2D eigenvalue weighted by Gasteiger charge is -2.21. The molecule has 0 bridgehead atoms. The minimum atomic E-state index is -0.261. The molecule has 2 N–H and O–H groups in total. The number of fused-ring (bicyclic) bond motifs is 1. The summed E-state index contributed by atoms with van der Waals surface area (Å²) in [6.45, 7) is 8.26. The number of nitrogens with zero attached hydrogens (tertiary/aromatic N) is 3. The standard InChI is InChI=1S/C17H21N5O/c1-11(12-8-6-5-7-9-12)18-14-15-20-21-16(23)22(15)10-13(19-14)17(2,3)4/h5-11H,1-4H3,(H,18,19)(H,21,23). The number of nitrogens with one attached hydrogen (secondary N) is 2. The molecule has 0 saturated carbocycles. The molecule has 1 aromatic carbocycles. The summed E-state index contributed by atoms with van der Waals surface area (Å²) in [5.74, 6) is 0.604. The van der Waals surface area contributed by atoms with Gasteiger partial charge in [0.15, 0.2) is 5.82 Å². The van der Waals surface area contributed by atoms with E-state index in [1.807, 2.05) is 18.2 Å². The van der Waals surface area contributed by atoms with Gasteiger partial charge in [-0.3, -0.25) is 0 Å². The van der Waals surface area contributed by atoms with Gasteiger partial charge in [-0.05, 0) is 12.5 Å². The zero-order chi connectivity index (χ0) is 16.6. The third-order valence-corrected chi connectivity index (χ3v) is 3.82. The van der Waals surface area contributed by atoms with Gasteiger partial charge in [-0.25, -0.2) is 19.3 Å². The van der Waals surface area contributed by atoms with E-state index in [1.165, 1.54) is 4.40 Å². The molecule has 3 aromatic rings. The second-order valence-electron chi connectivity index (χ2n) is 6.72. The summed E-state index contributed by atoms with van der Waals surface area (Å²) in [4.78, 5) is 16.7. The number of rotatable bonds is 3. The molecule has 0 aliphatic rings. The summed E-state index contributed by atoms with van der Waals surface area (Å²) in [5, 5.41) is 9.95.